The molecule has 2 aromatic carbocycles. The van der Waals surface area contributed by atoms with Crippen LogP contribution in [0.3, 0.4) is 0 Å². The van der Waals surface area contributed by atoms with Gasteiger partial charge in [-0.1, -0.05) is 29.8 Å². The Bertz CT molecular complexity index is 707. The number of nitrogens with zero attached hydrogens (tertiary/aromatic N) is 1. The predicted molar refractivity (Wildman–Crippen MR) is 84.9 cm³/mol. The first kappa shape index (κ1) is 13.7. The molecule has 0 unspecified atom stereocenters. The summed E-state index contributed by atoms with van der Waals surface area (Å²) < 4.78 is 4.85. The van der Waals surface area contributed by atoms with Crippen LogP contribution in [0.25, 0.3) is 6.08 Å². The molecule has 0 saturated heterocycles. The number of carbonyl (C=O) groups excluding carboxylic acids is 1. The molecule has 3 nitrogen and oxygen atoms in total. The van der Waals surface area contributed by atoms with E-state index in [-0.39, 0.29) is 5.97 Å². The Morgan fingerprint density at radius 3 is 2.57 bits per heavy atom. The average molecular weight is 300 g/mol. The lowest BCUT2D eigenvalue weighted by molar-refractivity contribution is -0.136. The first-order valence-electron chi connectivity index (χ1n) is 6.60. The van der Waals surface area contributed by atoms with E-state index in [9.17, 15) is 4.79 Å². The fourth-order valence-electron chi connectivity index (χ4n) is 2.45. The summed E-state index contributed by atoms with van der Waals surface area (Å²) in [6.45, 7) is 0.477. The van der Waals surface area contributed by atoms with Crippen molar-refractivity contribution >= 4 is 35.0 Å². The zero-order valence-electron chi connectivity index (χ0n) is 11.5. The number of esters is 1. The minimum atomic E-state index is -0.302. The number of hydrogen-bond acceptors (Lipinski definition) is 3. The summed E-state index contributed by atoms with van der Waals surface area (Å²) in [5, 5.41) is 0.688. The monoisotopic (exact) mass is 299 g/mol. The molecule has 0 aliphatic carbocycles. The van der Waals surface area contributed by atoms with Gasteiger partial charge in [0.2, 0.25) is 0 Å². The molecule has 3 rings (SSSR count). The maximum absolute atomic E-state index is 11.9. The van der Waals surface area contributed by atoms with Gasteiger partial charge in [-0.25, -0.2) is 4.79 Å². The van der Waals surface area contributed by atoms with Crippen molar-refractivity contribution in [1.82, 2.24) is 0 Å². The highest BCUT2D eigenvalue weighted by atomic mass is 35.5. The number of anilines is 2. The molecule has 0 atom stereocenters. The SMILES string of the molecule is COC(=O)C1=Cc2ccccc2N(c2ccc(Cl)cc2)C1. The van der Waals surface area contributed by atoms with E-state index in [1.807, 2.05) is 54.6 Å². The predicted octanol–water partition coefficient (Wildman–Crippen LogP) is 4.05. The lowest BCUT2D eigenvalue weighted by Crippen LogP contribution is -2.27. The third-order valence-electron chi connectivity index (χ3n) is 3.47. The van der Waals surface area contributed by atoms with Crippen molar-refractivity contribution in [1.29, 1.82) is 0 Å². The summed E-state index contributed by atoms with van der Waals surface area (Å²) in [5.74, 6) is -0.302. The first-order valence-corrected chi connectivity index (χ1v) is 6.98. The van der Waals surface area contributed by atoms with Crippen molar-refractivity contribution in [3.63, 3.8) is 0 Å². The van der Waals surface area contributed by atoms with E-state index in [1.54, 1.807) is 0 Å². The summed E-state index contributed by atoms with van der Waals surface area (Å²) in [6.07, 6.45) is 1.88. The Morgan fingerprint density at radius 2 is 1.86 bits per heavy atom. The van der Waals surface area contributed by atoms with Gasteiger partial charge in [-0.15, -0.1) is 0 Å². The Morgan fingerprint density at radius 1 is 1.14 bits per heavy atom. The number of hydrogen-bond donors (Lipinski definition) is 0. The van der Waals surface area contributed by atoms with E-state index in [2.05, 4.69) is 4.90 Å². The minimum Gasteiger partial charge on any atom is -0.466 e. The van der Waals surface area contributed by atoms with Gasteiger partial charge < -0.3 is 9.64 Å². The zero-order chi connectivity index (χ0) is 14.8. The fraction of sp³-hybridized carbons (Fsp3) is 0.118. The summed E-state index contributed by atoms with van der Waals surface area (Å²) in [6, 6.07) is 15.5. The molecule has 2 aromatic rings. The van der Waals surface area contributed by atoms with E-state index in [1.165, 1.54) is 7.11 Å². The molecule has 106 valence electrons. The Labute approximate surface area is 128 Å². The van der Waals surface area contributed by atoms with Crippen molar-refractivity contribution in [3.05, 3.63) is 64.7 Å². The average Bonchev–Trinajstić information content (AvgIpc) is 2.54. The summed E-state index contributed by atoms with van der Waals surface area (Å²) in [4.78, 5) is 14.0. The van der Waals surface area contributed by atoms with Crippen LogP contribution in [-0.2, 0) is 9.53 Å². The van der Waals surface area contributed by atoms with Gasteiger partial charge >= 0.3 is 5.97 Å². The van der Waals surface area contributed by atoms with Crippen LogP contribution >= 0.6 is 11.6 Å². The second kappa shape index (κ2) is 5.62. The lowest BCUT2D eigenvalue weighted by Gasteiger charge is -2.30. The Hall–Kier alpha value is -2.26. The highest BCUT2D eigenvalue weighted by molar-refractivity contribution is 6.30. The minimum absolute atomic E-state index is 0.302. The number of ether oxygens (including phenoxy) is 1. The van der Waals surface area contributed by atoms with Crippen LogP contribution in [0.15, 0.2) is 54.1 Å². The van der Waals surface area contributed by atoms with Crippen LogP contribution in [0.2, 0.25) is 5.02 Å². The topological polar surface area (TPSA) is 29.5 Å². The van der Waals surface area contributed by atoms with E-state index in [0.717, 1.165) is 16.9 Å². The van der Waals surface area contributed by atoms with Gasteiger partial charge in [0, 0.05) is 16.4 Å². The first-order chi connectivity index (χ1) is 10.2. The molecule has 4 heteroatoms. The molecule has 1 heterocycles. The van der Waals surface area contributed by atoms with Crippen LogP contribution in [0.4, 0.5) is 11.4 Å². The fourth-order valence-corrected chi connectivity index (χ4v) is 2.58. The van der Waals surface area contributed by atoms with Crippen LogP contribution in [-0.4, -0.2) is 19.6 Å². The van der Waals surface area contributed by atoms with Crippen molar-refractivity contribution in [2.75, 3.05) is 18.6 Å². The maximum atomic E-state index is 11.9. The van der Waals surface area contributed by atoms with E-state index in [4.69, 9.17) is 16.3 Å². The molecular weight excluding hydrogens is 286 g/mol. The van der Waals surface area contributed by atoms with Crippen molar-refractivity contribution in [2.24, 2.45) is 0 Å². The number of rotatable bonds is 2. The number of halogens is 1. The Balaban J connectivity index is 2.07. The molecule has 0 fully saturated rings. The highest BCUT2D eigenvalue weighted by Crippen LogP contribution is 2.35. The second-order valence-corrected chi connectivity index (χ2v) is 5.22. The number of carbonyl (C=O) groups is 1. The van der Waals surface area contributed by atoms with Gasteiger partial charge in [0.15, 0.2) is 0 Å². The summed E-state index contributed by atoms with van der Waals surface area (Å²) in [5.41, 5.74) is 3.68. The summed E-state index contributed by atoms with van der Waals surface area (Å²) in [7, 11) is 1.40. The van der Waals surface area contributed by atoms with Crippen molar-refractivity contribution < 1.29 is 9.53 Å². The molecule has 0 spiro atoms. The third-order valence-corrected chi connectivity index (χ3v) is 3.72. The van der Waals surface area contributed by atoms with Gasteiger partial charge in [0.05, 0.1) is 19.2 Å². The van der Waals surface area contributed by atoms with Crippen LogP contribution in [0.5, 0.6) is 0 Å². The van der Waals surface area contributed by atoms with Crippen LogP contribution in [0, 0.1) is 0 Å². The molecule has 0 radical (unpaired) electrons. The van der Waals surface area contributed by atoms with E-state index >= 15 is 0 Å². The molecule has 21 heavy (non-hydrogen) atoms. The molecule has 1 aliphatic heterocycles. The van der Waals surface area contributed by atoms with Gasteiger partial charge in [-0.2, -0.15) is 0 Å². The van der Waals surface area contributed by atoms with Crippen molar-refractivity contribution in [3.8, 4) is 0 Å². The Kier molecular flexibility index (Phi) is 3.67. The molecule has 1 aliphatic rings. The number of methoxy groups -OCH3 is 1. The standard InChI is InChI=1S/C17H14ClNO2/c1-21-17(20)13-10-12-4-2-3-5-16(12)19(11-13)15-8-6-14(18)7-9-15/h2-10H,11H2,1H3. The molecular formula is C17H14ClNO2. The second-order valence-electron chi connectivity index (χ2n) is 4.78. The van der Waals surface area contributed by atoms with E-state index < -0.39 is 0 Å². The highest BCUT2D eigenvalue weighted by Gasteiger charge is 2.23. The van der Waals surface area contributed by atoms with Gasteiger partial charge in [-0.05, 0) is 42.0 Å². The molecule has 0 bridgehead atoms. The summed E-state index contributed by atoms with van der Waals surface area (Å²) >= 11 is 5.95. The van der Waals surface area contributed by atoms with Gasteiger partial charge in [0.1, 0.15) is 0 Å². The molecule has 0 N–H and O–H groups in total. The third kappa shape index (κ3) is 2.65. The van der Waals surface area contributed by atoms with Crippen LogP contribution < -0.4 is 4.90 Å². The zero-order valence-corrected chi connectivity index (χ0v) is 12.3. The van der Waals surface area contributed by atoms with Gasteiger partial charge in [-0.3, -0.25) is 0 Å². The number of benzene rings is 2. The molecule has 0 saturated carbocycles. The number of para-hydroxylation sites is 1. The number of fused-ring (bicyclic) bond motifs is 1. The largest absolute Gasteiger partial charge is 0.466 e. The maximum Gasteiger partial charge on any atom is 0.335 e. The van der Waals surface area contributed by atoms with Gasteiger partial charge in [0.25, 0.3) is 0 Å². The van der Waals surface area contributed by atoms with Crippen molar-refractivity contribution in [2.45, 2.75) is 0 Å². The molecule has 0 aromatic heterocycles. The van der Waals surface area contributed by atoms with Crippen LogP contribution in [0.1, 0.15) is 5.56 Å². The smallest absolute Gasteiger partial charge is 0.335 e. The van der Waals surface area contributed by atoms with E-state index in [0.29, 0.717) is 17.1 Å². The molecule has 0 amide bonds. The normalized spacial score (nSPS) is 13.4. The lowest BCUT2D eigenvalue weighted by atomic mass is 10.0. The quantitative estimate of drug-likeness (QED) is 0.784.